The molecule has 0 atom stereocenters. The van der Waals surface area contributed by atoms with Gasteiger partial charge in [0.25, 0.3) is 10.0 Å². The second-order valence-electron chi connectivity index (χ2n) is 4.50. The number of aryl methyl sites for hydroxylation is 1. The Kier molecular flexibility index (Phi) is 4.04. The number of sulfonamides is 1. The number of nitrogens with two attached hydrogens (primary N) is 1. The summed E-state index contributed by atoms with van der Waals surface area (Å²) in [5, 5.41) is 0. The van der Waals surface area contributed by atoms with Gasteiger partial charge in [-0.05, 0) is 42.8 Å². The highest BCUT2D eigenvalue weighted by molar-refractivity contribution is 7.92. The lowest BCUT2D eigenvalue weighted by Crippen LogP contribution is -2.15. The van der Waals surface area contributed by atoms with E-state index in [4.69, 9.17) is 10.5 Å². The van der Waals surface area contributed by atoms with Crippen molar-refractivity contribution < 1.29 is 17.5 Å². The van der Waals surface area contributed by atoms with E-state index >= 15 is 0 Å². The van der Waals surface area contributed by atoms with Crippen LogP contribution in [-0.2, 0) is 10.0 Å². The Morgan fingerprint density at radius 3 is 2.57 bits per heavy atom. The Bertz CT molecular complexity index is 776. The molecule has 0 saturated heterocycles. The van der Waals surface area contributed by atoms with Crippen molar-refractivity contribution in [3.63, 3.8) is 0 Å². The summed E-state index contributed by atoms with van der Waals surface area (Å²) >= 11 is 0. The highest BCUT2D eigenvalue weighted by atomic mass is 32.2. The highest BCUT2D eigenvalue weighted by Gasteiger charge is 2.21. The van der Waals surface area contributed by atoms with Crippen LogP contribution in [-0.4, -0.2) is 15.5 Å². The minimum absolute atomic E-state index is 0.160. The zero-order valence-electron chi connectivity index (χ0n) is 11.6. The second-order valence-corrected chi connectivity index (χ2v) is 6.15. The van der Waals surface area contributed by atoms with Gasteiger partial charge in [-0.3, -0.25) is 4.72 Å². The van der Waals surface area contributed by atoms with Crippen molar-refractivity contribution >= 4 is 21.4 Å². The molecule has 112 valence electrons. The van der Waals surface area contributed by atoms with Gasteiger partial charge in [-0.1, -0.05) is 6.07 Å². The minimum atomic E-state index is -4.10. The van der Waals surface area contributed by atoms with Crippen LogP contribution in [0.3, 0.4) is 0 Å². The molecule has 2 aromatic rings. The van der Waals surface area contributed by atoms with Crippen molar-refractivity contribution in [2.45, 2.75) is 11.8 Å². The van der Waals surface area contributed by atoms with E-state index in [1.54, 1.807) is 25.1 Å². The molecule has 0 saturated carbocycles. The molecule has 0 aromatic heterocycles. The molecule has 0 amide bonds. The third kappa shape index (κ3) is 3.25. The number of nitrogens with one attached hydrogen (secondary N) is 1. The first kappa shape index (κ1) is 15.1. The monoisotopic (exact) mass is 310 g/mol. The number of nitrogen functional groups attached to an aromatic ring is 1. The Labute approximate surface area is 122 Å². The van der Waals surface area contributed by atoms with Crippen LogP contribution in [0.1, 0.15) is 5.56 Å². The molecule has 0 spiro atoms. The van der Waals surface area contributed by atoms with Crippen LogP contribution in [0, 0.1) is 12.7 Å². The number of hydrogen-bond acceptors (Lipinski definition) is 4. The van der Waals surface area contributed by atoms with Gasteiger partial charge in [0, 0.05) is 5.69 Å². The molecule has 0 radical (unpaired) electrons. The fourth-order valence-corrected chi connectivity index (χ4v) is 3.00. The summed E-state index contributed by atoms with van der Waals surface area (Å²) in [7, 11) is -2.68. The summed E-state index contributed by atoms with van der Waals surface area (Å²) in [4.78, 5) is -0.508. The van der Waals surface area contributed by atoms with E-state index in [2.05, 4.69) is 4.72 Å². The number of rotatable bonds is 4. The van der Waals surface area contributed by atoms with Crippen molar-refractivity contribution in [3.8, 4) is 5.75 Å². The predicted molar refractivity (Wildman–Crippen MR) is 79.4 cm³/mol. The Balaban J connectivity index is 2.47. The van der Waals surface area contributed by atoms with Gasteiger partial charge in [-0.15, -0.1) is 0 Å². The van der Waals surface area contributed by atoms with Crippen molar-refractivity contribution in [3.05, 3.63) is 47.8 Å². The van der Waals surface area contributed by atoms with Gasteiger partial charge < -0.3 is 10.5 Å². The van der Waals surface area contributed by atoms with Gasteiger partial charge in [0.2, 0.25) is 0 Å². The number of ether oxygens (including phenoxy) is 1. The summed E-state index contributed by atoms with van der Waals surface area (Å²) in [5.41, 5.74) is 6.74. The Hall–Kier alpha value is -2.28. The van der Waals surface area contributed by atoms with E-state index in [0.29, 0.717) is 5.75 Å². The maximum atomic E-state index is 13.7. The quantitative estimate of drug-likeness (QED) is 0.850. The normalized spacial score (nSPS) is 11.2. The van der Waals surface area contributed by atoms with E-state index in [-0.39, 0.29) is 11.4 Å². The third-order valence-corrected chi connectivity index (χ3v) is 4.22. The highest BCUT2D eigenvalue weighted by Crippen LogP contribution is 2.28. The minimum Gasteiger partial charge on any atom is -0.495 e. The molecule has 0 heterocycles. The molecule has 0 aliphatic rings. The van der Waals surface area contributed by atoms with E-state index < -0.39 is 20.7 Å². The maximum absolute atomic E-state index is 13.7. The molecule has 0 unspecified atom stereocenters. The van der Waals surface area contributed by atoms with Crippen LogP contribution >= 0.6 is 0 Å². The molecule has 2 aromatic carbocycles. The maximum Gasteiger partial charge on any atom is 0.265 e. The van der Waals surface area contributed by atoms with Gasteiger partial charge in [-0.2, -0.15) is 0 Å². The number of benzene rings is 2. The van der Waals surface area contributed by atoms with E-state index in [1.807, 2.05) is 0 Å². The zero-order valence-corrected chi connectivity index (χ0v) is 12.4. The second kappa shape index (κ2) is 5.61. The van der Waals surface area contributed by atoms with Crippen LogP contribution in [0.2, 0.25) is 0 Å². The summed E-state index contributed by atoms with van der Waals surface area (Å²) in [5.74, 6) is -0.531. The van der Waals surface area contributed by atoms with Crippen LogP contribution < -0.4 is 15.2 Å². The van der Waals surface area contributed by atoms with E-state index in [9.17, 15) is 12.8 Å². The van der Waals surface area contributed by atoms with Gasteiger partial charge in [-0.25, -0.2) is 12.8 Å². The zero-order chi connectivity index (χ0) is 15.6. The third-order valence-electron chi connectivity index (χ3n) is 2.84. The van der Waals surface area contributed by atoms with E-state index in [0.717, 1.165) is 17.7 Å². The average Bonchev–Trinajstić information content (AvgIpc) is 2.41. The molecule has 2 rings (SSSR count). The predicted octanol–water partition coefficient (Wildman–Crippen LogP) is 2.53. The lowest BCUT2D eigenvalue weighted by atomic mass is 10.2. The molecule has 3 N–H and O–H groups in total. The van der Waals surface area contributed by atoms with Crippen molar-refractivity contribution in [2.75, 3.05) is 17.6 Å². The lowest BCUT2D eigenvalue weighted by molar-refractivity contribution is 0.417. The number of halogens is 1. The lowest BCUT2D eigenvalue weighted by Gasteiger charge is -2.13. The first-order chi connectivity index (χ1) is 9.83. The van der Waals surface area contributed by atoms with Crippen LogP contribution in [0.15, 0.2) is 41.3 Å². The van der Waals surface area contributed by atoms with Gasteiger partial charge >= 0.3 is 0 Å². The summed E-state index contributed by atoms with van der Waals surface area (Å²) in [6.07, 6.45) is 0. The van der Waals surface area contributed by atoms with Crippen molar-refractivity contribution in [1.29, 1.82) is 0 Å². The van der Waals surface area contributed by atoms with Crippen LogP contribution in [0.25, 0.3) is 0 Å². The summed E-state index contributed by atoms with van der Waals surface area (Å²) in [6, 6.07) is 8.38. The first-order valence-electron chi connectivity index (χ1n) is 6.06. The SMILES string of the molecule is COc1ccc(C)cc1NS(=O)(=O)c1cc(N)ccc1F. The summed E-state index contributed by atoms with van der Waals surface area (Å²) in [6.45, 7) is 1.80. The van der Waals surface area contributed by atoms with Gasteiger partial charge in [0.1, 0.15) is 16.5 Å². The molecule has 0 aliphatic heterocycles. The Morgan fingerprint density at radius 1 is 1.19 bits per heavy atom. The van der Waals surface area contributed by atoms with Gasteiger partial charge in [0.05, 0.1) is 12.8 Å². The standard InChI is InChI=1S/C14H15FN2O3S/c1-9-3-6-13(20-2)12(7-9)17-21(18,19)14-8-10(16)4-5-11(14)15/h3-8,17H,16H2,1-2H3. The molecular formula is C14H15FN2O3S. The van der Waals surface area contributed by atoms with Gasteiger partial charge in [0.15, 0.2) is 0 Å². The first-order valence-corrected chi connectivity index (χ1v) is 7.54. The largest absolute Gasteiger partial charge is 0.495 e. The molecule has 5 nitrogen and oxygen atoms in total. The number of hydrogen-bond donors (Lipinski definition) is 2. The molecular weight excluding hydrogens is 295 g/mol. The van der Waals surface area contributed by atoms with Crippen LogP contribution in [0.5, 0.6) is 5.75 Å². The fourth-order valence-electron chi connectivity index (χ4n) is 1.83. The molecule has 7 heteroatoms. The van der Waals surface area contributed by atoms with E-state index in [1.165, 1.54) is 13.2 Å². The molecule has 0 aliphatic carbocycles. The molecule has 0 fully saturated rings. The average molecular weight is 310 g/mol. The number of anilines is 2. The smallest absolute Gasteiger partial charge is 0.265 e. The topological polar surface area (TPSA) is 81.4 Å². The van der Waals surface area contributed by atoms with Crippen LogP contribution in [0.4, 0.5) is 15.8 Å². The fraction of sp³-hybridized carbons (Fsp3) is 0.143. The summed E-state index contributed by atoms with van der Waals surface area (Å²) < 4.78 is 45.7. The van der Waals surface area contributed by atoms with Crippen molar-refractivity contribution in [1.82, 2.24) is 0 Å². The Morgan fingerprint density at radius 2 is 1.90 bits per heavy atom. The van der Waals surface area contributed by atoms with Crippen molar-refractivity contribution in [2.24, 2.45) is 0 Å². The molecule has 0 bridgehead atoms. The molecule has 21 heavy (non-hydrogen) atoms. The number of methoxy groups -OCH3 is 1.